The summed E-state index contributed by atoms with van der Waals surface area (Å²) in [5.74, 6) is 0. The van der Waals surface area contributed by atoms with E-state index in [1.165, 1.54) is 5.56 Å². The summed E-state index contributed by atoms with van der Waals surface area (Å²) in [5, 5.41) is 0.774. The predicted octanol–water partition coefficient (Wildman–Crippen LogP) is 1.89. The van der Waals surface area contributed by atoms with Gasteiger partial charge in [-0.15, -0.1) is 0 Å². The topological polar surface area (TPSA) is 38.5 Å². The van der Waals surface area contributed by atoms with Crippen LogP contribution in [-0.2, 0) is 11.3 Å². The summed E-state index contributed by atoms with van der Waals surface area (Å²) in [6.45, 7) is 3.19. The number of ether oxygens (including phenoxy) is 1. The fourth-order valence-corrected chi connectivity index (χ4v) is 2.37. The van der Waals surface area contributed by atoms with Crippen molar-refractivity contribution in [3.05, 3.63) is 34.9 Å². The summed E-state index contributed by atoms with van der Waals surface area (Å²) < 4.78 is 5.36. The van der Waals surface area contributed by atoms with Gasteiger partial charge < -0.3 is 15.4 Å². The highest BCUT2D eigenvalue weighted by Gasteiger charge is 2.31. The maximum absolute atomic E-state index is 6.25. The molecule has 17 heavy (non-hydrogen) atoms. The Morgan fingerprint density at radius 2 is 2.12 bits per heavy atom. The van der Waals surface area contributed by atoms with Gasteiger partial charge in [0.2, 0.25) is 0 Å². The molecule has 3 nitrogen and oxygen atoms in total. The molecule has 0 saturated carbocycles. The summed E-state index contributed by atoms with van der Waals surface area (Å²) in [6.07, 6.45) is 0.942. The van der Waals surface area contributed by atoms with Crippen LogP contribution in [0, 0.1) is 0 Å². The zero-order chi connectivity index (χ0) is 12.3. The van der Waals surface area contributed by atoms with Crippen LogP contribution in [0.25, 0.3) is 0 Å². The number of nitrogens with two attached hydrogens (primary N) is 1. The Labute approximate surface area is 107 Å². The third kappa shape index (κ3) is 3.68. The van der Waals surface area contributed by atoms with Gasteiger partial charge in [-0.25, -0.2) is 0 Å². The minimum absolute atomic E-state index is 0.179. The molecule has 0 aliphatic carbocycles. The van der Waals surface area contributed by atoms with Gasteiger partial charge in [-0.05, 0) is 31.2 Å². The van der Waals surface area contributed by atoms with Crippen molar-refractivity contribution < 1.29 is 4.74 Å². The molecule has 1 aromatic carbocycles. The van der Waals surface area contributed by atoms with Crippen LogP contribution >= 0.6 is 11.6 Å². The standard InChI is InChI=1S/C13H19ClN2O/c1-16(9-13(15)6-7-17-10-13)8-11-2-4-12(14)5-3-11/h2-5H,6-10,15H2,1H3. The van der Waals surface area contributed by atoms with Crippen molar-refractivity contribution >= 4 is 11.6 Å². The van der Waals surface area contributed by atoms with Crippen molar-refractivity contribution in [2.75, 3.05) is 26.8 Å². The maximum atomic E-state index is 6.25. The first-order valence-electron chi connectivity index (χ1n) is 5.87. The molecule has 1 aliphatic rings. The van der Waals surface area contributed by atoms with Crippen molar-refractivity contribution in [3.8, 4) is 0 Å². The zero-order valence-electron chi connectivity index (χ0n) is 10.2. The Kier molecular flexibility index (Phi) is 4.05. The second-order valence-electron chi connectivity index (χ2n) is 4.96. The first kappa shape index (κ1) is 12.8. The van der Waals surface area contributed by atoms with Gasteiger partial charge in [0.05, 0.1) is 12.1 Å². The van der Waals surface area contributed by atoms with E-state index in [-0.39, 0.29) is 5.54 Å². The molecule has 0 spiro atoms. The molecule has 1 heterocycles. The number of benzene rings is 1. The lowest BCUT2D eigenvalue weighted by atomic mass is 9.99. The van der Waals surface area contributed by atoms with Crippen molar-refractivity contribution in [2.24, 2.45) is 5.73 Å². The second kappa shape index (κ2) is 5.36. The van der Waals surface area contributed by atoms with E-state index in [1.54, 1.807) is 0 Å². The lowest BCUT2D eigenvalue weighted by molar-refractivity contribution is 0.159. The Morgan fingerprint density at radius 3 is 2.71 bits per heavy atom. The highest BCUT2D eigenvalue weighted by Crippen LogP contribution is 2.18. The van der Waals surface area contributed by atoms with E-state index < -0.39 is 0 Å². The summed E-state index contributed by atoms with van der Waals surface area (Å²) in [5.41, 5.74) is 7.32. The fraction of sp³-hybridized carbons (Fsp3) is 0.538. The molecule has 0 radical (unpaired) electrons. The number of hydrogen-bond donors (Lipinski definition) is 1. The molecular formula is C13H19ClN2O. The molecular weight excluding hydrogens is 236 g/mol. The summed E-state index contributed by atoms with van der Waals surface area (Å²) in [6, 6.07) is 7.93. The van der Waals surface area contributed by atoms with Crippen LogP contribution in [0.5, 0.6) is 0 Å². The molecule has 2 N–H and O–H groups in total. The monoisotopic (exact) mass is 254 g/mol. The highest BCUT2D eigenvalue weighted by atomic mass is 35.5. The summed E-state index contributed by atoms with van der Waals surface area (Å²) in [7, 11) is 2.08. The second-order valence-corrected chi connectivity index (χ2v) is 5.40. The first-order chi connectivity index (χ1) is 8.07. The number of nitrogens with zero attached hydrogens (tertiary/aromatic N) is 1. The fourth-order valence-electron chi connectivity index (χ4n) is 2.24. The van der Waals surface area contributed by atoms with E-state index in [1.807, 2.05) is 24.3 Å². The lowest BCUT2D eigenvalue weighted by Gasteiger charge is -2.28. The average molecular weight is 255 g/mol. The molecule has 94 valence electrons. The number of hydrogen-bond acceptors (Lipinski definition) is 3. The Balaban J connectivity index is 1.88. The highest BCUT2D eigenvalue weighted by molar-refractivity contribution is 6.30. The number of likely N-dealkylation sites (N-methyl/N-ethyl adjacent to an activating group) is 1. The molecule has 1 aliphatic heterocycles. The van der Waals surface area contributed by atoms with Crippen LogP contribution in [0.3, 0.4) is 0 Å². The van der Waals surface area contributed by atoms with Crippen LogP contribution < -0.4 is 5.73 Å². The Morgan fingerprint density at radius 1 is 1.41 bits per heavy atom. The summed E-state index contributed by atoms with van der Waals surface area (Å²) in [4.78, 5) is 2.23. The Bertz CT molecular complexity index is 360. The first-order valence-corrected chi connectivity index (χ1v) is 6.25. The molecule has 0 bridgehead atoms. The third-order valence-electron chi connectivity index (χ3n) is 3.08. The van der Waals surface area contributed by atoms with Crippen molar-refractivity contribution in [3.63, 3.8) is 0 Å². The van der Waals surface area contributed by atoms with Gasteiger partial charge in [0.15, 0.2) is 0 Å². The van der Waals surface area contributed by atoms with E-state index in [4.69, 9.17) is 22.1 Å². The minimum Gasteiger partial charge on any atom is -0.379 e. The molecule has 1 aromatic rings. The summed E-state index contributed by atoms with van der Waals surface area (Å²) >= 11 is 5.86. The predicted molar refractivity (Wildman–Crippen MR) is 70.1 cm³/mol. The van der Waals surface area contributed by atoms with Crippen LogP contribution in [0.1, 0.15) is 12.0 Å². The number of rotatable bonds is 4. The third-order valence-corrected chi connectivity index (χ3v) is 3.34. The smallest absolute Gasteiger partial charge is 0.0659 e. The zero-order valence-corrected chi connectivity index (χ0v) is 10.9. The molecule has 4 heteroatoms. The largest absolute Gasteiger partial charge is 0.379 e. The van der Waals surface area contributed by atoms with Crippen LogP contribution in [-0.4, -0.2) is 37.2 Å². The van der Waals surface area contributed by atoms with Crippen LogP contribution in [0.15, 0.2) is 24.3 Å². The van der Waals surface area contributed by atoms with E-state index in [0.717, 1.165) is 31.1 Å². The van der Waals surface area contributed by atoms with Gasteiger partial charge in [-0.3, -0.25) is 0 Å². The van der Waals surface area contributed by atoms with E-state index in [9.17, 15) is 0 Å². The van der Waals surface area contributed by atoms with Gasteiger partial charge in [0, 0.05) is 24.7 Å². The van der Waals surface area contributed by atoms with Gasteiger partial charge in [0.1, 0.15) is 0 Å². The van der Waals surface area contributed by atoms with E-state index in [2.05, 4.69) is 11.9 Å². The van der Waals surface area contributed by atoms with Gasteiger partial charge in [-0.2, -0.15) is 0 Å². The molecule has 1 saturated heterocycles. The van der Waals surface area contributed by atoms with Gasteiger partial charge in [-0.1, -0.05) is 23.7 Å². The molecule has 0 amide bonds. The van der Waals surface area contributed by atoms with Crippen molar-refractivity contribution in [1.82, 2.24) is 4.90 Å². The molecule has 1 unspecified atom stereocenters. The van der Waals surface area contributed by atoms with E-state index >= 15 is 0 Å². The maximum Gasteiger partial charge on any atom is 0.0659 e. The quantitative estimate of drug-likeness (QED) is 0.892. The average Bonchev–Trinajstić information content (AvgIpc) is 2.68. The molecule has 2 rings (SSSR count). The van der Waals surface area contributed by atoms with Gasteiger partial charge >= 0.3 is 0 Å². The van der Waals surface area contributed by atoms with Crippen LogP contribution in [0.4, 0.5) is 0 Å². The lowest BCUT2D eigenvalue weighted by Crippen LogP contribution is -2.49. The molecule has 1 fully saturated rings. The van der Waals surface area contributed by atoms with Crippen molar-refractivity contribution in [2.45, 2.75) is 18.5 Å². The SMILES string of the molecule is CN(Cc1ccc(Cl)cc1)CC1(N)CCOC1. The van der Waals surface area contributed by atoms with Gasteiger partial charge in [0.25, 0.3) is 0 Å². The molecule has 0 aromatic heterocycles. The molecule has 1 atom stereocenters. The Hall–Kier alpha value is -0.610. The minimum atomic E-state index is -0.179. The normalized spacial score (nSPS) is 24.5. The van der Waals surface area contributed by atoms with Crippen LogP contribution in [0.2, 0.25) is 5.02 Å². The van der Waals surface area contributed by atoms with E-state index in [0.29, 0.717) is 6.61 Å². The number of halogens is 1. The van der Waals surface area contributed by atoms with Crippen molar-refractivity contribution in [1.29, 1.82) is 0 Å².